The minimum Gasteiger partial charge on any atom is -0.390 e. The van der Waals surface area contributed by atoms with Crippen LogP contribution in [0.15, 0.2) is 24.3 Å². The van der Waals surface area contributed by atoms with Gasteiger partial charge in [-0.2, -0.15) is 0 Å². The second-order valence-corrected chi connectivity index (χ2v) is 5.85. The summed E-state index contributed by atoms with van der Waals surface area (Å²) in [6.07, 6.45) is 2.52. The number of carbonyl (C=O) groups is 1. The van der Waals surface area contributed by atoms with Crippen LogP contribution in [0.2, 0.25) is 0 Å². The number of hydrogen-bond donors (Lipinski definition) is 1. The molecule has 1 aromatic carbocycles. The van der Waals surface area contributed by atoms with Crippen molar-refractivity contribution in [3.05, 3.63) is 35.4 Å². The molecule has 0 aliphatic rings. The molecule has 0 aliphatic carbocycles. The summed E-state index contributed by atoms with van der Waals surface area (Å²) < 4.78 is 0. The lowest BCUT2D eigenvalue weighted by Crippen LogP contribution is -2.20. The van der Waals surface area contributed by atoms with Crippen molar-refractivity contribution in [1.82, 2.24) is 0 Å². The van der Waals surface area contributed by atoms with E-state index in [2.05, 4.69) is 6.07 Å². The quantitative estimate of drug-likeness (QED) is 0.795. The van der Waals surface area contributed by atoms with E-state index in [0.29, 0.717) is 0 Å². The normalized spacial score (nSPS) is 12.5. The average molecular weight is 234 g/mol. The maximum Gasteiger partial charge on any atom is 0.129 e. The van der Waals surface area contributed by atoms with Gasteiger partial charge < -0.3 is 9.90 Å². The molecule has 0 unspecified atom stereocenters. The lowest BCUT2D eigenvalue weighted by Gasteiger charge is -2.20. The third-order valence-electron chi connectivity index (χ3n) is 2.99. The fourth-order valence-corrected chi connectivity index (χ4v) is 1.65. The molecule has 0 saturated carbocycles. The van der Waals surface area contributed by atoms with Crippen LogP contribution in [0.5, 0.6) is 0 Å². The van der Waals surface area contributed by atoms with Crippen LogP contribution in [0.4, 0.5) is 0 Å². The summed E-state index contributed by atoms with van der Waals surface area (Å²) in [6, 6.07) is 8.04. The predicted molar refractivity (Wildman–Crippen MR) is 70.2 cm³/mol. The largest absolute Gasteiger partial charge is 0.390 e. The van der Waals surface area contributed by atoms with Gasteiger partial charge >= 0.3 is 0 Å². The standard InChI is InChI=1S/C15H22O2/c1-14(2,11-16)13-7-5-6-12(10-13)8-9-15(3,4)17/h5-7,10-11,17H,8-9H2,1-4H3. The van der Waals surface area contributed by atoms with Crippen LogP contribution in [-0.4, -0.2) is 17.0 Å². The van der Waals surface area contributed by atoms with Crippen LogP contribution >= 0.6 is 0 Å². The van der Waals surface area contributed by atoms with Crippen molar-refractivity contribution in [1.29, 1.82) is 0 Å². The summed E-state index contributed by atoms with van der Waals surface area (Å²) in [5, 5.41) is 9.70. The van der Waals surface area contributed by atoms with E-state index >= 15 is 0 Å². The molecule has 1 aromatic rings. The molecule has 0 heterocycles. The van der Waals surface area contributed by atoms with E-state index in [9.17, 15) is 9.90 Å². The van der Waals surface area contributed by atoms with Crippen molar-refractivity contribution in [3.63, 3.8) is 0 Å². The average Bonchev–Trinajstić information content (AvgIpc) is 2.26. The van der Waals surface area contributed by atoms with Gasteiger partial charge in [-0.05, 0) is 51.7 Å². The molecular formula is C15H22O2. The van der Waals surface area contributed by atoms with Crippen molar-refractivity contribution in [2.24, 2.45) is 0 Å². The summed E-state index contributed by atoms with van der Waals surface area (Å²) in [5.74, 6) is 0. The van der Waals surface area contributed by atoms with Crippen LogP contribution in [0.1, 0.15) is 45.2 Å². The highest BCUT2D eigenvalue weighted by molar-refractivity contribution is 5.67. The number of carbonyl (C=O) groups excluding carboxylic acids is 1. The van der Waals surface area contributed by atoms with Crippen molar-refractivity contribution in [2.45, 2.75) is 51.6 Å². The van der Waals surface area contributed by atoms with Crippen molar-refractivity contribution < 1.29 is 9.90 Å². The molecule has 0 aliphatic heterocycles. The number of aryl methyl sites for hydroxylation is 1. The van der Waals surface area contributed by atoms with Crippen LogP contribution in [-0.2, 0) is 16.6 Å². The van der Waals surface area contributed by atoms with Crippen molar-refractivity contribution >= 4 is 6.29 Å². The van der Waals surface area contributed by atoms with E-state index in [1.54, 1.807) is 0 Å². The Bertz CT molecular complexity index is 386. The van der Waals surface area contributed by atoms with Gasteiger partial charge in [-0.3, -0.25) is 0 Å². The van der Waals surface area contributed by atoms with E-state index in [-0.39, 0.29) is 0 Å². The number of hydrogen-bond acceptors (Lipinski definition) is 2. The van der Waals surface area contributed by atoms with Crippen molar-refractivity contribution in [3.8, 4) is 0 Å². The number of benzene rings is 1. The minimum atomic E-state index is -0.643. The minimum absolute atomic E-state index is 0.440. The Kier molecular flexibility index (Phi) is 4.10. The Labute approximate surface area is 104 Å². The summed E-state index contributed by atoms with van der Waals surface area (Å²) in [7, 11) is 0. The Morgan fingerprint density at radius 1 is 1.24 bits per heavy atom. The van der Waals surface area contributed by atoms with Gasteiger partial charge in [-0.1, -0.05) is 24.3 Å². The highest BCUT2D eigenvalue weighted by atomic mass is 16.3. The molecule has 2 nitrogen and oxygen atoms in total. The number of aliphatic hydroxyl groups is 1. The molecular weight excluding hydrogens is 212 g/mol. The van der Waals surface area contributed by atoms with Gasteiger partial charge in [-0.15, -0.1) is 0 Å². The van der Waals surface area contributed by atoms with Gasteiger partial charge in [-0.25, -0.2) is 0 Å². The van der Waals surface area contributed by atoms with E-state index in [4.69, 9.17) is 0 Å². The number of rotatable bonds is 5. The van der Waals surface area contributed by atoms with Gasteiger partial charge in [0.2, 0.25) is 0 Å². The fourth-order valence-electron chi connectivity index (χ4n) is 1.65. The lowest BCUT2D eigenvalue weighted by molar-refractivity contribution is -0.111. The lowest BCUT2D eigenvalue weighted by atomic mass is 9.85. The molecule has 0 fully saturated rings. The topological polar surface area (TPSA) is 37.3 Å². The number of aldehydes is 1. The molecule has 0 amide bonds. The Balaban J connectivity index is 2.83. The van der Waals surface area contributed by atoms with Gasteiger partial charge in [0, 0.05) is 5.41 Å². The molecule has 17 heavy (non-hydrogen) atoms. The zero-order chi connectivity index (χ0) is 13.1. The third kappa shape index (κ3) is 4.31. The van der Waals surface area contributed by atoms with E-state index in [0.717, 1.165) is 24.7 Å². The molecule has 0 radical (unpaired) electrons. The van der Waals surface area contributed by atoms with E-state index < -0.39 is 11.0 Å². The van der Waals surface area contributed by atoms with Gasteiger partial charge in [0.25, 0.3) is 0 Å². The molecule has 0 saturated heterocycles. The first-order chi connectivity index (χ1) is 7.74. The highest BCUT2D eigenvalue weighted by Gasteiger charge is 2.20. The van der Waals surface area contributed by atoms with Gasteiger partial charge in [0.15, 0.2) is 0 Å². The molecule has 0 bridgehead atoms. The maximum atomic E-state index is 11.0. The first-order valence-electron chi connectivity index (χ1n) is 6.03. The summed E-state index contributed by atoms with van der Waals surface area (Å²) in [5.41, 5.74) is 1.11. The van der Waals surface area contributed by atoms with Crippen LogP contribution in [0.25, 0.3) is 0 Å². The van der Waals surface area contributed by atoms with Gasteiger partial charge in [0.1, 0.15) is 6.29 Å². The third-order valence-corrected chi connectivity index (χ3v) is 2.99. The van der Waals surface area contributed by atoms with Crippen molar-refractivity contribution in [2.75, 3.05) is 0 Å². The SMILES string of the molecule is CC(C)(O)CCc1cccc(C(C)(C)C=O)c1. The van der Waals surface area contributed by atoms with Crippen LogP contribution in [0.3, 0.4) is 0 Å². The summed E-state index contributed by atoms with van der Waals surface area (Å²) in [6.45, 7) is 7.45. The maximum absolute atomic E-state index is 11.0. The fraction of sp³-hybridized carbons (Fsp3) is 0.533. The second kappa shape index (κ2) is 5.01. The van der Waals surface area contributed by atoms with Crippen LogP contribution < -0.4 is 0 Å². The smallest absolute Gasteiger partial charge is 0.129 e. The molecule has 0 spiro atoms. The Morgan fingerprint density at radius 3 is 2.41 bits per heavy atom. The van der Waals surface area contributed by atoms with E-state index in [1.165, 1.54) is 5.56 Å². The highest BCUT2D eigenvalue weighted by Crippen LogP contribution is 2.22. The molecule has 94 valence electrons. The first-order valence-corrected chi connectivity index (χ1v) is 6.03. The predicted octanol–water partition coefficient (Wildman–Crippen LogP) is 2.87. The Morgan fingerprint density at radius 2 is 1.88 bits per heavy atom. The molecule has 0 aromatic heterocycles. The molecule has 1 N–H and O–H groups in total. The second-order valence-electron chi connectivity index (χ2n) is 5.85. The van der Waals surface area contributed by atoms with E-state index in [1.807, 2.05) is 45.9 Å². The molecule has 2 heteroatoms. The van der Waals surface area contributed by atoms with Gasteiger partial charge in [0.05, 0.1) is 5.60 Å². The molecule has 0 atom stereocenters. The first kappa shape index (κ1) is 13.9. The van der Waals surface area contributed by atoms with Crippen LogP contribution in [0, 0.1) is 0 Å². The summed E-state index contributed by atoms with van der Waals surface area (Å²) >= 11 is 0. The zero-order valence-electron chi connectivity index (χ0n) is 11.2. The summed E-state index contributed by atoms with van der Waals surface area (Å²) in [4.78, 5) is 11.0. The monoisotopic (exact) mass is 234 g/mol. The zero-order valence-corrected chi connectivity index (χ0v) is 11.2. The Hall–Kier alpha value is -1.15. The molecule has 1 rings (SSSR count).